The number of fused-ring (bicyclic) bond motifs is 1. The lowest BCUT2D eigenvalue weighted by Crippen LogP contribution is -2.50. The van der Waals surface area contributed by atoms with Gasteiger partial charge in [0.15, 0.2) is 0 Å². The molecule has 2 heterocycles. The fourth-order valence-electron chi connectivity index (χ4n) is 3.62. The van der Waals surface area contributed by atoms with Crippen molar-refractivity contribution in [3.8, 4) is 6.07 Å². The molecule has 0 aliphatic carbocycles. The van der Waals surface area contributed by atoms with Gasteiger partial charge in [-0.2, -0.15) is 18.4 Å². The van der Waals surface area contributed by atoms with Gasteiger partial charge in [-0.3, -0.25) is 4.90 Å². The number of nitrogens with one attached hydrogen (secondary N) is 1. The van der Waals surface area contributed by atoms with Crippen LogP contribution in [0.4, 0.5) is 18.0 Å². The molecule has 31 heavy (non-hydrogen) atoms. The first-order valence-electron chi connectivity index (χ1n) is 9.65. The van der Waals surface area contributed by atoms with E-state index >= 15 is 0 Å². The zero-order chi connectivity index (χ0) is 23.2. The van der Waals surface area contributed by atoms with E-state index in [4.69, 9.17) is 19.9 Å². The molecule has 0 bridgehead atoms. The molecule has 3 atom stereocenters. The Kier molecular flexibility index (Phi) is 8.24. The molecule has 2 amide bonds. The van der Waals surface area contributed by atoms with Crippen molar-refractivity contribution in [3.05, 3.63) is 35.4 Å². The molecule has 170 valence electrons. The maximum Gasteiger partial charge on any atom is 0.490 e. The molecule has 2 saturated heterocycles. The number of hydrogen-bond donors (Lipinski definition) is 2. The predicted molar refractivity (Wildman–Crippen MR) is 104 cm³/mol. The zero-order valence-corrected chi connectivity index (χ0v) is 17.2. The third kappa shape index (κ3) is 6.83. The van der Waals surface area contributed by atoms with Crippen LogP contribution in [-0.4, -0.2) is 78.5 Å². The number of aliphatic carboxylic acids is 1. The highest BCUT2D eigenvalue weighted by Crippen LogP contribution is 2.30. The number of amides is 2. The normalized spacial score (nSPS) is 23.0. The minimum atomic E-state index is -5.08. The van der Waals surface area contributed by atoms with Crippen molar-refractivity contribution in [3.63, 3.8) is 0 Å². The molecule has 0 spiro atoms. The van der Waals surface area contributed by atoms with Crippen molar-refractivity contribution in [2.75, 3.05) is 27.2 Å². The standard InChI is InChI=1S/C18H24N4O2.C2HF3O2/c1-21(2)18(23)20-15-12-22(16-7-4-8-24-17(15)16)11-14-6-3-5-13(9-14)10-19;3-2(4,5)1(6)7/h3,5-6,9,15-17H,4,7-8,11-12H2,1-2H3,(H,20,23);(H,6,7)/t15-,16+,17+;/m0./s1. The quantitative estimate of drug-likeness (QED) is 0.744. The Morgan fingerprint density at radius 1 is 1.39 bits per heavy atom. The number of carboxylic acids is 1. The van der Waals surface area contributed by atoms with Gasteiger partial charge in [-0.25, -0.2) is 9.59 Å². The second kappa shape index (κ2) is 10.5. The number of alkyl halides is 3. The van der Waals surface area contributed by atoms with Crippen LogP contribution in [0.15, 0.2) is 24.3 Å². The van der Waals surface area contributed by atoms with Gasteiger partial charge in [0.2, 0.25) is 0 Å². The average Bonchev–Trinajstić information content (AvgIpc) is 3.05. The van der Waals surface area contributed by atoms with Crippen LogP contribution in [0.3, 0.4) is 0 Å². The molecule has 8 nitrogen and oxygen atoms in total. The lowest BCUT2D eigenvalue weighted by Gasteiger charge is -2.32. The number of benzene rings is 1. The van der Waals surface area contributed by atoms with Gasteiger partial charge in [0.25, 0.3) is 0 Å². The molecule has 2 fully saturated rings. The van der Waals surface area contributed by atoms with Gasteiger partial charge in [0.1, 0.15) is 0 Å². The highest BCUT2D eigenvalue weighted by Gasteiger charge is 2.44. The summed E-state index contributed by atoms with van der Waals surface area (Å²) in [6.45, 7) is 2.30. The van der Waals surface area contributed by atoms with Crippen LogP contribution in [-0.2, 0) is 16.1 Å². The summed E-state index contributed by atoms with van der Waals surface area (Å²) in [6.07, 6.45) is -2.91. The first-order valence-corrected chi connectivity index (χ1v) is 9.65. The molecular formula is C20H25F3N4O4. The van der Waals surface area contributed by atoms with E-state index < -0.39 is 12.1 Å². The van der Waals surface area contributed by atoms with Gasteiger partial charge in [0, 0.05) is 39.8 Å². The Bertz CT molecular complexity index is 825. The topological polar surface area (TPSA) is 106 Å². The van der Waals surface area contributed by atoms with Crippen molar-refractivity contribution in [1.29, 1.82) is 5.26 Å². The second-order valence-corrected chi connectivity index (χ2v) is 7.54. The summed E-state index contributed by atoms with van der Waals surface area (Å²) in [5.41, 5.74) is 1.80. The number of halogens is 3. The van der Waals surface area contributed by atoms with Gasteiger partial charge in [-0.1, -0.05) is 12.1 Å². The van der Waals surface area contributed by atoms with Crippen LogP contribution in [0.1, 0.15) is 24.0 Å². The summed E-state index contributed by atoms with van der Waals surface area (Å²) in [4.78, 5) is 24.9. The van der Waals surface area contributed by atoms with Crippen molar-refractivity contribution in [2.45, 2.75) is 43.8 Å². The van der Waals surface area contributed by atoms with E-state index in [0.29, 0.717) is 11.6 Å². The van der Waals surface area contributed by atoms with E-state index in [1.54, 1.807) is 19.0 Å². The first kappa shape index (κ1) is 24.4. The summed E-state index contributed by atoms with van der Waals surface area (Å²) in [7, 11) is 3.49. The van der Waals surface area contributed by atoms with Gasteiger partial charge >= 0.3 is 18.2 Å². The largest absolute Gasteiger partial charge is 0.490 e. The molecule has 1 aromatic carbocycles. The van der Waals surface area contributed by atoms with Crippen molar-refractivity contribution in [2.24, 2.45) is 0 Å². The molecule has 1 aromatic rings. The highest BCUT2D eigenvalue weighted by atomic mass is 19.4. The van der Waals surface area contributed by atoms with E-state index in [9.17, 15) is 18.0 Å². The number of nitriles is 1. The Labute approximate surface area is 178 Å². The minimum Gasteiger partial charge on any atom is -0.475 e. The predicted octanol–water partition coefficient (Wildman–Crippen LogP) is 2.19. The third-order valence-electron chi connectivity index (χ3n) is 5.03. The molecule has 2 aliphatic heterocycles. The Morgan fingerprint density at radius 2 is 2.06 bits per heavy atom. The van der Waals surface area contributed by atoms with Crippen LogP contribution in [0, 0.1) is 11.3 Å². The van der Waals surface area contributed by atoms with Gasteiger partial charge in [-0.15, -0.1) is 0 Å². The molecule has 0 radical (unpaired) electrons. The highest BCUT2D eigenvalue weighted by molar-refractivity contribution is 5.74. The van der Waals surface area contributed by atoms with Gasteiger partial charge < -0.3 is 20.1 Å². The lowest BCUT2D eigenvalue weighted by molar-refractivity contribution is -0.192. The number of carbonyl (C=O) groups is 2. The molecule has 0 saturated carbocycles. The maximum absolute atomic E-state index is 12.0. The van der Waals surface area contributed by atoms with Crippen LogP contribution < -0.4 is 5.32 Å². The van der Waals surface area contributed by atoms with E-state index in [-0.39, 0.29) is 18.2 Å². The van der Waals surface area contributed by atoms with Crippen LogP contribution >= 0.6 is 0 Å². The second-order valence-electron chi connectivity index (χ2n) is 7.54. The molecule has 0 unspecified atom stereocenters. The average molecular weight is 442 g/mol. The minimum absolute atomic E-state index is 0.00403. The Morgan fingerprint density at radius 3 is 2.65 bits per heavy atom. The number of hydrogen-bond acceptors (Lipinski definition) is 5. The Hall–Kier alpha value is -2.84. The summed E-state index contributed by atoms with van der Waals surface area (Å²) < 4.78 is 37.7. The number of carboxylic acid groups (broad SMARTS) is 1. The van der Waals surface area contributed by atoms with Crippen molar-refractivity contribution >= 4 is 12.0 Å². The number of urea groups is 1. The SMILES string of the molecule is CN(C)C(=O)N[C@H]1CN(Cc2cccc(C#N)c2)[C@@H]2CCCO[C@H]12.O=C(O)C(F)(F)F. The molecule has 2 N–H and O–H groups in total. The summed E-state index contributed by atoms with van der Waals surface area (Å²) in [6, 6.07) is 10.2. The number of likely N-dealkylation sites (tertiary alicyclic amines) is 1. The van der Waals surface area contributed by atoms with Gasteiger partial charge in [0.05, 0.1) is 23.8 Å². The van der Waals surface area contributed by atoms with Gasteiger partial charge in [-0.05, 0) is 30.5 Å². The Balaban J connectivity index is 0.000000423. The fraction of sp³-hybridized carbons (Fsp3) is 0.550. The first-order chi connectivity index (χ1) is 14.5. The number of carbonyl (C=O) groups excluding carboxylic acids is 1. The van der Waals surface area contributed by atoms with Crippen molar-refractivity contribution < 1.29 is 32.6 Å². The monoisotopic (exact) mass is 442 g/mol. The molecular weight excluding hydrogens is 417 g/mol. The van der Waals surface area contributed by atoms with E-state index in [2.05, 4.69) is 16.3 Å². The number of ether oxygens (including phenoxy) is 1. The summed E-state index contributed by atoms with van der Waals surface area (Å²) >= 11 is 0. The summed E-state index contributed by atoms with van der Waals surface area (Å²) in [5.74, 6) is -2.76. The molecule has 2 aliphatic rings. The van der Waals surface area contributed by atoms with E-state index in [0.717, 1.165) is 38.1 Å². The zero-order valence-electron chi connectivity index (χ0n) is 17.2. The maximum atomic E-state index is 12.0. The fourth-order valence-corrected chi connectivity index (χ4v) is 3.62. The van der Waals surface area contributed by atoms with E-state index in [1.807, 2.05) is 24.3 Å². The van der Waals surface area contributed by atoms with Crippen molar-refractivity contribution in [1.82, 2.24) is 15.1 Å². The summed E-state index contributed by atoms with van der Waals surface area (Å²) in [5, 5.41) is 19.3. The molecule has 3 rings (SSSR count). The lowest BCUT2D eigenvalue weighted by atomic mass is 10.0. The van der Waals surface area contributed by atoms with Crippen LogP contribution in [0.2, 0.25) is 0 Å². The van der Waals surface area contributed by atoms with Crippen LogP contribution in [0.5, 0.6) is 0 Å². The smallest absolute Gasteiger partial charge is 0.475 e. The molecule has 0 aromatic heterocycles. The van der Waals surface area contributed by atoms with Crippen LogP contribution in [0.25, 0.3) is 0 Å². The molecule has 11 heteroatoms. The third-order valence-corrected chi connectivity index (χ3v) is 5.03. The van der Waals surface area contributed by atoms with E-state index in [1.165, 1.54) is 0 Å². The number of nitrogens with zero attached hydrogens (tertiary/aromatic N) is 3. The number of rotatable bonds is 3.